The van der Waals surface area contributed by atoms with Gasteiger partial charge in [-0.2, -0.15) is 0 Å². The minimum Gasteiger partial charge on any atom is -0.466 e. The molecule has 0 aliphatic rings. The molecule has 2 rings (SSSR count). The third-order valence-electron chi connectivity index (χ3n) is 2.99. The summed E-state index contributed by atoms with van der Waals surface area (Å²) in [5.41, 5.74) is 2.06. The van der Waals surface area contributed by atoms with Gasteiger partial charge in [-0.15, -0.1) is 0 Å². The number of hydrogen-bond acceptors (Lipinski definition) is 2. The zero-order valence-electron chi connectivity index (χ0n) is 10.8. The Labute approximate surface area is 125 Å². The molecule has 1 aromatic carbocycles. The molecule has 1 N–H and O–H groups in total. The molecule has 1 aromatic heterocycles. The maximum atomic E-state index is 12.3. The number of nitrogens with one attached hydrogen (secondary N) is 1. The van der Waals surface area contributed by atoms with Crippen molar-refractivity contribution in [2.45, 2.75) is 20.8 Å². The van der Waals surface area contributed by atoms with Crippen molar-refractivity contribution in [3.63, 3.8) is 0 Å². The normalized spacial score (nSPS) is 10.6. The first-order valence-electron chi connectivity index (χ1n) is 5.73. The fraction of sp³-hybridized carbons (Fsp3) is 0.214. The lowest BCUT2D eigenvalue weighted by atomic mass is 10.1. The van der Waals surface area contributed by atoms with Crippen LogP contribution >= 0.6 is 27.5 Å². The fourth-order valence-electron chi connectivity index (χ4n) is 1.91. The van der Waals surface area contributed by atoms with E-state index in [9.17, 15) is 4.79 Å². The molecule has 5 heteroatoms. The standard InChI is InChI=1S/C14H13BrClNO2/c1-7-8(2)19-9(3)12(7)14(18)17-11-6-4-5-10(16)13(11)15/h4-6H,1-3H3,(H,17,18). The van der Waals surface area contributed by atoms with E-state index < -0.39 is 0 Å². The summed E-state index contributed by atoms with van der Waals surface area (Å²) >= 11 is 9.35. The Morgan fingerprint density at radius 3 is 2.53 bits per heavy atom. The first-order chi connectivity index (χ1) is 8.91. The monoisotopic (exact) mass is 341 g/mol. The minimum absolute atomic E-state index is 0.199. The summed E-state index contributed by atoms with van der Waals surface area (Å²) in [5.74, 6) is 1.17. The summed E-state index contributed by atoms with van der Waals surface area (Å²) < 4.78 is 6.13. The molecule has 0 spiro atoms. The van der Waals surface area contributed by atoms with Gasteiger partial charge in [0.1, 0.15) is 11.5 Å². The molecule has 0 radical (unpaired) electrons. The SMILES string of the molecule is Cc1oc(C)c(C(=O)Nc2cccc(Cl)c2Br)c1C. The van der Waals surface area contributed by atoms with Crippen LogP contribution in [0.15, 0.2) is 27.1 Å². The van der Waals surface area contributed by atoms with Crippen molar-refractivity contribution >= 4 is 39.1 Å². The van der Waals surface area contributed by atoms with E-state index in [0.717, 1.165) is 11.3 Å². The number of hydrogen-bond donors (Lipinski definition) is 1. The van der Waals surface area contributed by atoms with Gasteiger partial charge >= 0.3 is 0 Å². The van der Waals surface area contributed by atoms with Crippen molar-refractivity contribution < 1.29 is 9.21 Å². The van der Waals surface area contributed by atoms with Gasteiger partial charge in [0.15, 0.2) is 0 Å². The van der Waals surface area contributed by atoms with E-state index in [1.807, 2.05) is 13.8 Å². The van der Waals surface area contributed by atoms with Crippen LogP contribution in [0.5, 0.6) is 0 Å². The maximum Gasteiger partial charge on any atom is 0.259 e. The lowest BCUT2D eigenvalue weighted by molar-refractivity contribution is 0.102. The lowest BCUT2D eigenvalue weighted by Crippen LogP contribution is -2.14. The van der Waals surface area contributed by atoms with Crippen LogP contribution in [0.25, 0.3) is 0 Å². The Morgan fingerprint density at radius 1 is 1.26 bits per heavy atom. The molecular formula is C14H13BrClNO2. The van der Waals surface area contributed by atoms with E-state index in [-0.39, 0.29) is 5.91 Å². The molecule has 3 nitrogen and oxygen atoms in total. The highest BCUT2D eigenvalue weighted by Crippen LogP contribution is 2.31. The molecule has 2 aromatic rings. The smallest absolute Gasteiger partial charge is 0.259 e. The Hall–Kier alpha value is -1.26. The molecular weight excluding hydrogens is 330 g/mol. The van der Waals surface area contributed by atoms with Crippen LogP contribution in [0.2, 0.25) is 5.02 Å². The van der Waals surface area contributed by atoms with E-state index in [1.54, 1.807) is 25.1 Å². The molecule has 0 bridgehead atoms. The zero-order chi connectivity index (χ0) is 14.2. The molecule has 1 amide bonds. The van der Waals surface area contributed by atoms with Crippen LogP contribution in [-0.4, -0.2) is 5.91 Å². The molecule has 0 saturated carbocycles. The van der Waals surface area contributed by atoms with Crippen LogP contribution < -0.4 is 5.32 Å². The van der Waals surface area contributed by atoms with Crippen LogP contribution in [0.4, 0.5) is 5.69 Å². The topological polar surface area (TPSA) is 42.2 Å². The molecule has 19 heavy (non-hydrogen) atoms. The lowest BCUT2D eigenvalue weighted by Gasteiger charge is -2.08. The predicted octanol–water partition coefficient (Wildman–Crippen LogP) is 4.87. The molecule has 0 atom stereocenters. The quantitative estimate of drug-likeness (QED) is 0.845. The number of aryl methyl sites for hydroxylation is 2. The number of benzene rings is 1. The van der Waals surface area contributed by atoms with Gasteiger partial charge in [0.05, 0.1) is 20.7 Å². The Morgan fingerprint density at radius 2 is 1.95 bits per heavy atom. The number of carbonyl (C=O) groups excluding carboxylic acids is 1. The van der Waals surface area contributed by atoms with Gasteiger partial charge < -0.3 is 9.73 Å². The highest BCUT2D eigenvalue weighted by molar-refractivity contribution is 9.10. The number of amides is 1. The van der Waals surface area contributed by atoms with Gasteiger partial charge in [-0.3, -0.25) is 4.79 Å². The van der Waals surface area contributed by atoms with Crippen LogP contribution in [0.1, 0.15) is 27.4 Å². The van der Waals surface area contributed by atoms with Gasteiger partial charge in [0.25, 0.3) is 5.91 Å². The highest BCUT2D eigenvalue weighted by atomic mass is 79.9. The molecule has 0 aliphatic heterocycles. The van der Waals surface area contributed by atoms with Gasteiger partial charge in [-0.25, -0.2) is 0 Å². The van der Waals surface area contributed by atoms with Crippen LogP contribution in [-0.2, 0) is 0 Å². The van der Waals surface area contributed by atoms with Crippen LogP contribution in [0, 0.1) is 20.8 Å². The predicted molar refractivity (Wildman–Crippen MR) is 80.0 cm³/mol. The van der Waals surface area contributed by atoms with Crippen molar-refractivity contribution in [1.29, 1.82) is 0 Å². The highest BCUT2D eigenvalue weighted by Gasteiger charge is 2.19. The van der Waals surface area contributed by atoms with Crippen LogP contribution in [0.3, 0.4) is 0 Å². The second-order valence-electron chi connectivity index (χ2n) is 4.27. The number of halogens is 2. The molecule has 0 unspecified atom stereocenters. The Balaban J connectivity index is 2.34. The van der Waals surface area contributed by atoms with Crippen molar-refractivity contribution in [3.8, 4) is 0 Å². The van der Waals surface area contributed by atoms with E-state index in [1.165, 1.54) is 0 Å². The second kappa shape index (κ2) is 5.39. The number of rotatable bonds is 2. The van der Waals surface area contributed by atoms with Crippen molar-refractivity contribution in [2.24, 2.45) is 0 Å². The summed E-state index contributed by atoms with van der Waals surface area (Å²) in [5, 5.41) is 3.38. The zero-order valence-corrected chi connectivity index (χ0v) is 13.1. The largest absolute Gasteiger partial charge is 0.466 e. The summed E-state index contributed by atoms with van der Waals surface area (Å²) in [6.07, 6.45) is 0. The molecule has 0 fully saturated rings. The average molecular weight is 343 g/mol. The summed E-state index contributed by atoms with van der Waals surface area (Å²) in [6.45, 7) is 5.49. The van der Waals surface area contributed by atoms with Gasteiger partial charge in [0, 0.05) is 5.56 Å². The van der Waals surface area contributed by atoms with Crippen molar-refractivity contribution in [2.75, 3.05) is 5.32 Å². The van der Waals surface area contributed by atoms with E-state index in [0.29, 0.717) is 26.5 Å². The van der Waals surface area contributed by atoms with E-state index in [2.05, 4.69) is 21.2 Å². The van der Waals surface area contributed by atoms with E-state index >= 15 is 0 Å². The molecule has 0 saturated heterocycles. The first-order valence-corrected chi connectivity index (χ1v) is 6.91. The Kier molecular flexibility index (Phi) is 4.02. The van der Waals surface area contributed by atoms with Gasteiger partial charge in [-0.1, -0.05) is 17.7 Å². The molecule has 0 aliphatic carbocycles. The third-order valence-corrected chi connectivity index (χ3v) is 4.39. The summed E-state index contributed by atoms with van der Waals surface area (Å²) in [4.78, 5) is 12.3. The minimum atomic E-state index is -0.199. The van der Waals surface area contributed by atoms with Gasteiger partial charge in [-0.05, 0) is 48.8 Å². The van der Waals surface area contributed by atoms with Crippen molar-refractivity contribution in [1.82, 2.24) is 0 Å². The number of furan rings is 1. The van der Waals surface area contributed by atoms with Gasteiger partial charge in [0.2, 0.25) is 0 Å². The third kappa shape index (κ3) is 2.69. The second-order valence-corrected chi connectivity index (χ2v) is 5.47. The molecule has 1 heterocycles. The van der Waals surface area contributed by atoms with Crippen molar-refractivity contribution in [3.05, 3.63) is 50.3 Å². The fourth-order valence-corrected chi connectivity index (χ4v) is 2.45. The number of carbonyl (C=O) groups is 1. The first kappa shape index (κ1) is 14.2. The number of anilines is 1. The van der Waals surface area contributed by atoms with E-state index in [4.69, 9.17) is 16.0 Å². The average Bonchev–Trinajstić information content (AvgIpc) is 2.59. The summed E-state index contributed by atoms with van der Waals surface area (Å²) in [6, 6.07) is 5.31. The molecule has 100 valence electrons. The Bertz CT molecular complexity index is 649. The maximum absolute atomic E-state index is 12.3. The summed E-state index contributed by atoms with van der Waals surface area (Å²) in [7, 11) is 0.